The standard InChI is InChI=1S/C13H20N4O2/c1-14-12-7-15-6-11(16-12)13(18)17(2)8-10-4-3-5-19-9-10/h6-7,10H,3-5,8-9H2,1-2H3,(H,14,16). The van der Waals surface area contributed by atoms with Gasteiger partial charge < -0.3 is 15.0 Å². The van der Waals surface area contributed by atoms with Gasteiger partial charge in [0, 0.05) is 27.2 Å². The Kier molecular flexibility index (Phi) is 4.68. The van der Waals surface area contributed by atoms with Crippen LogP contribution < -0.4 is 5.32 Å². The van der Waals surface area contributed by atoms with Crippen molar-refractivity contribution in [2.75, 3.05) is 39.2 Å². The molecule has 19 heavy (non-hydrogen) atoms. The molecule has 2 rings (SSSR count). The summed E-state index contributed by atoms with van der Waals surface area (Å²) in [5, 5.41) is 2.88. The summed E-state index contributed by atoms with van der Waals surface area (Å²) in [6, 6.07) is 0. The van der Waals surface area contributed by atoms with Crippen molar-refractivity contribution in [3.05, 3.63) is 18.1 Å². The third kappa shape index (κ3) is 3.64. The quantitative estimate of drug-likeness (QED) is 0.879. The molecule has 1 fully saturated rings. The number of carbonyl (C=O) groups excluding carboxylic acids is 1. The van der Waals surface area contributed by atoms with E-state index < -0.39 is 0 Å². The number of carbonyl (C=O) groups is 1. The fourth-order valence-corrected chi connectivity index (χ4v) is 2.21. The Morgan fingerprint density at radius 1 is 1.58 bits per heavy atom. The number of hydrogen-bond donors (Lipinski definition) is 1. The Morgan fingerprint density at radius 2 is 2.42 bits per heavy atom. The van der Waals surface area contributed by atoms with Crippen molar-refractivity contribution in [1.29, 1.82) is 0 Å². The molecule has 1 unspecified atom stereocenters. The Bertz CT molecular complexity index is 432. The highest BCUT2D eigenvalue weighted by Crippen LogP contribution is 2.15. The molecule has 1 N–H and O–H groups in total. The first-order valence-electron chi connectivity index (χ1n) is 6.53. The smallest absolute Gasteiger partial charge is 0.273 e. The van der Waals surface area contributed by atoms with Gasteiger partial charge in [0.05, 0.1) is 19.0 Å². The van der Waals surface area contributed by atoms with Gasteiger partial charge in [-0.2, -0.15) is 0 Å². The first kappa shape index (κ1) is 13.7. The monoisotopic (exact) mass is 264 g/mol. The highest BCUT2D eigenvalue weighted by atomic mass is 16.5. The SMILES string of the molecule is CNc1cncc(C(=O)N(C)CC2CCCOC2)n1. The Morgan fingerprint density at radius 3 is 3.11 bits per heavy atom. The number of ether oxygens (including phenoxy) is 1. The van der Waals surface area contributed by atoms with Crippen LogP contribution in [0.4, 0.5) is 5.82 Å². The molecule has 1 aliphatic rings. The molecule has 6 nitrogen and oxygen atoms in total. The Labute approximate surface area is 113 Å². The van der Waals surface area contributed by atoms with E-state index in [9.17, 15) is 4.79 Å². The van der Waals surface area contributed by atoms with Crippen LogP contribution in [0, 0.1) is 5.92 Å². The van der Waals surface area contributed by atoms with E-state index >= 15 is 0 Å². The van der Waals surface area contributed by atoms with Crippen molar-refractivity contribution in [1.82, 2.24) is 14.9 Å². The van der Waals surface area contributed by atoms with Crippen LogP contribution in [0.2, 0.25) is 0 Å². The lowest BCUT2D eigenvalue weighted by atomic mass is 10.0. The molecule has 1 atom stereocenters. The summed E-state index contributed by atoms with van der Waals surface area (Å²) in [7, 11) is 3.55. The summed E-state index contributed by atoms with van der Waals surface area (Å²) in [6.07, 6.45) is 5.27. The van der Waals surface area contributed by atoms with Crippen molar-refractivity contribution in [3.63, 3.8) is 0 Å². The van der Waals surface area contributed by atoms with E-state index in [2.05, 4.69) is 15.3 Å². The van der Waals surface area contributed by atoms with Crippen LogP contribution in [0.15, 0.2) is 12.4 Å². The van der Waals surface area contributed by atoms with Gasteiger partial charge >= 0.3 is 0 Å². The largest absolute Gasteiger partial charge is 0.381 e. The van der Waals surface area contributed by atoms with E-state index in [1.54, 1.807) is 25.2 Å². The third-order valence-electron chi connectivity index (χ3n) is 3.24. The number of nitrogens with one attached hydrogen (secondary N) is 1. The van der Waals surface area contributed by atoms with Gasteiger partial charge in [0.1, 0.15) is 11.5 Å². The molecule has 104 valence electrons. The lowest BCUT2D eigenvalue weighted by Crippen LogP contribution is -2.35. The number of rotatable bonds is 4. The predicted octanol–water partition coefficient (Wildman–Crippen LogP) is 1.02. The molecule has 1 aromatic heterocycles. The van der Waals surface area contributed by atoms with Crippen LogP contribution in [0.25, 0.3) is 0 Å². The molecule has 1 amide bonds. The van der Waals surface area contributed by atoms with Gasteiger partial charge in [-0.15, -0.1) is 0 Å². The van der Waals surface area contributed by atoms with E-state index in [4.69, 9.17) is 4.74 Å². The van der Waals surface area contributed by atoms with E-state index in [0.29, 0.717) is 24.0 Å². The van der Waals surface area contributed by atoms with E-state index in [0.717, 1.165) is 26.1 Å². The van der Waals surface area contributed by atoms with E-state index in [-0.39, 0.29) is 5.91 Å². The minimum absolute atomic E-state index is 0.102. The lowest BCUT2D eigenvalue weighted by molar-refractivity contribution is 0.0386. The van der Waals surface area contributed by atoms with Gasteiger partial charge in [0.15, 0.2) is 0 Å². The number of amides is 1. The molecule has 1 aromatic rings. The normalized spacial score (nSPS) is 18.9. The van der Waals surface area contributed by atoms with Gasteiger partial charge in [-0.3, -0.25) is 9.78 Å². The van der Waals surface area contributed by atoms with Gasteiger partial charge in [-0.05, 0) is 18.8 Å². The maximum absolute atomic E-state index is 12.2. The second-order valence-corrected chi connectivity index (χ2v) is 4.81. The van der Waals surface area contributed by atoms with Crippen LogP contribution >= 0.6 is 0 Å². The summed E-state index contributed by atoms with van der Waals surface area (Å²) in [5.41, 5.74) is 0.367. The van der Waals surface area contributed by atoms with Crippen molar-refractivity contribution < 1.29 is 9.53 Å². The molecular weight excluding hydrogens is 244 g/mol. The molecule has 6 heteroatoms. The summed E-state index contributed by atoms with van der Waals surface area (Å²) in [4.78, 5) is 22.2. The predicted molar refractivity (Wildman–Crippen MR) is 72.1 cm³/mol. The van der Waals surface area contributed by atoms with Gasteiger partial charge in [-0.25, -0.2) is 4.98 Å². The molecule has 0 aliphatic carbocycles. The minimum Gasteiger partial charge on any atom is -0.381 e. The van der Waals surface area contributed by atoms with Gasteiger partial charge in [-0.1, -0.05) is 0 Å². The second-order valence-electron chi connectivity index (χ2n) is 4.81. The molecule has 0 radical (unpaired) electrons. The van der Waals surface area contributed by atoms with Crippen LogP contribution in [-0.2, 0) is 4.74 Å². The third-order valence-corrected chi connectivity index (χ3v) is 3.24. The molecule has 0 spiro atoms. The first-order valence-corrected chi connectivity index (χ1v) is 6.53. The van der Waals surface area contributed by atoms with Crippen LogP contribution in [0.3, 0.4) is 0 Å². The number of nitrogens with zero attached hydrogens (tertiary/aromatic N) is 3. The molecule has 1 aliphatic heterocycles. The molecule has 2 heterocycles. The second kappa shape index (κ2) is 6.47. The zero-order valence-electron chi connectivity index (χ0n) is 11.4. The highest BCUT2D eigenvalue weighted by Gasteiger charge is 2.20. The van der Waals surface area contributed by atoms with Crippen molar-refractivity contribution in [2.24, 2.45) is 5.92 Å². The maximum atomic E-state index is 12.2. The molecular formula is C13H20N4O2. The Hall–Kier alpha value is -1.69. The number of hydrogen-bond acceptors (Lipinski definition) is 5. The molecule has 0 bridgehead atoms. The lowest BCUT2D eigenvalue weighted by Gasteiger charge is -2.26. The average molecular weight is 264 g/mol. The zero-order chi connectivity index (χ0) is 13.7. The molecule has 0 aromatic carbocycles. The molecule has 1 saturated heterocycles. The fourth-order valence-electron chi connectivity index (χ4n) is 2.21. The van der Waals surface area contributed by atoms with Crippen LogP contribution in [0.5, 0.6) is 0 Å². The van der Waals surface area contributed by atoms with E-state index in [1.807, 2.05) is 0 Å². The highest BCUT2D eigenvalue weighted by molar-refractivity contribution is 5.92. The summed E-state index contributed by atoms with van der Waals surface area (Å²) in [5.74, 6) is 0.915. The summed E-state index contributed by atoms with van der Waals surface area (Å²) < 4.78 is 5.43. The Balaban J connectivity index is 1.97. The van der Waals surface area contributed by atoms with Crippen molar-refractivity contribution >= 4 is 11.7 Å². The van der Waals surface area contributed by atoms with Crippen LogP contribution in [0.1, 0.15) is 23.3 Å². The van der Waals surface area contributed by atoms with E-state index in [1.165, 1.54) is 6.20 Å². The zero-order valence-corrected chi connectivity index (χ0v) is 11.4. The number of anilines is 1. The maximum Gasteiger partial charge on any atom is 0.273 e. The average Bonchev–Trinajstić information content (AvgIpc) is 2.47. The van der Waals surface area contributed by atoms with Crippen LogP contribution in [-0.4, -0.2) is 54.6 Å². The number of aromatic nitrogens is 2. The first-order chi connectivity index (χ1) is 9.20. The van der Waals surface area contributed by atoms with Gasteiger partial charge in [0.25, 0.3) is 5.91 Å². The minimum atomic E-state index is -0.102. The molecule has 0 saturated carbocycles. The van der Waals surface area contributed by atoms with Crippen molar-refractivity contribution in [2.45, 2.75) is 12.8 Å². The summed E-state index contributed by atoms with van der Waals surface area (Å²) >= 11 is 0. The summed E-state index contributed by atoms with van der Waals surface area (Å²) in [6.45, 7) is 2.27. The topological polar surface area (TPSA) is 67.4 Å². The van der Waals surface area contributed by atoms with Crippen molar-refractivity contribution in [3.8, 4) is 0 Å². The van der Waals surface area contributed by atoms with Gasteiger partial charge in [0.2, 0.25) is 0 Å². The fraction of sp³-hybridized carbons (Fsp3) is 0.615.